The highest BCUT2D eigenvalue weighted by Gasteiger charge is 2.12. The van der Waals surface area contributed by atoms with E-state index in [1.807, 2.05) is 14.0 Å². The summed E-state index contributed by atoms with van der Waals surface area (Å²) in [6.45, 7) is 4.14. The predicted octanol–water partition coefficient (Wildman–Crippen LogP) is 2.80. The quantitative estimate of drug-likeness (QED) is 0.824. The molecule has 1 rings (SSSR count). The molecule has 16 heavy (non-hydrogen) atoms. The van der Waals surface area contributed by atoms with Gasteiger partial charge < -0.3 is 10.1 Å². The molecule has 0 radical (unpaired) electrons. The van der Waals surface area contributed by atoms with Gasteiger partial charge in [0.05, 0.1) is 12.2 Å². The van der Waals surface area contributed by atoms with Gasteiger partial charge in [-0.2, -0.15) is 0 Å². The Morgan fingerprint density at radius 2 is 2.25 bits per heavy atom. The van der Waals surface area contributed by atoms with Crippen molar-refractivity contribution in [2.75, 3.05) is 13.7 Å². The van der Waals surface area contributed by atoms with E-state index in [0.717, 1.165) is 5.56 Å². The van der Waals surface area contributed by atoms with Crippen molar-refractivity contribution in [2.24, 2.45) is 0 Å². The van der Waals surface area contributed by atoms with Crippen LogP contribution in [-0.2, 0) is 4.74 Å². The van der Waals surface area contributed by atoms with Crippen molar-refractivity contribution >= 4 is 17.6 Å². The number of nitrogens with one attached hydrogen (secondary N) is 1. The van der Waals surface area contributed by atoms with Crippen LogP contribution in [0, 0.1) is 0 Å². The lowest BCUT2D eigenvalue weighted by Crippen LogP contribution is -2.14. The first-order valence-corrected chi connectivity index (χ1v) is 5.61. The van der Waals surface area contributed by atoms with E-state index in [-0.39, 0.29) is 12.0 Å². The second-order valence-electron chi connectivity index (χ2n) is 3.47. The van der Waals surface area contributed by atoms with Gasteiger partial charge in [-0.3, -0.25) is 0 Å². The molecule has 0 saturated carbocycles. The molecule has 1 aromatic rings. The standard InChI is InChI=1S/C12H16ClNO2/c1-4-16-12(15)9-5-6-11(13)10(7-9)8(2)14-3/h5-8,14H,4H2,1-3H3/t8-/m1/s1. The summed E-state index contributed by atoms with van der Waals surface area (Å²) in [5, 5.41) is 3.73. The van der Waals surface area contributed by atoms with E-state index in [1.165, 1.54) is 0 Å². The first-order valence-electron chi connectivity index (χ1n) is 5.24. The van der Waals surface area contributed by atoms with E-state index < -0.39 is 0 Å². The van der Waals surface area contributed by atoms with Crippen molar-refractivity contribution in [2.45, 2.75) is 19.9 Å². The lowest BCUT2D eigenvalue weighted by atomic mass is 10.1. The van der Waals surface area contributed by atoms with Gasteiger partial charge in [0.25, 0.3) is 0 Å². The topological polar surface area (TPSA) is 38.3 Å². The molecule has 0 heterocycles. The molecule has 0 amide bonds. The average Bonchev–Trinajstić information content (AvgIpc) is 2.29. The lowest BCUT2D eigenvalue weighted by molar-refractivity contribution is 0.0526. The van der Waals surface area contributed by atoms with Crippen LogP contribution in [0.2, 0.25) is 5.02 Å². The van der Waals surface area contributed by atoms with E-state index >= 15 is 0 Å². The van der Waals surface area contributed by atoms with Crippen LogP contribution in [-0.4, -0.2) is 19.6 Å². The normalized spacial score (nSPS) is 12.2. The molecule has 0 unspecified atom stereocenters. The average molecular weight is 242 g/mol. The number of rotatable bonds is 4. The first-order chi connectivity index (χ1) is 7.60. The number of carbonyl (C=O) groups is 1. The van der Waals surface area contributed by atoms with Crippen LogP contribution in [0.3, 0.4) is 0 Å². The monoisotopic (exact) mass is 241 g/mol. The molecule has 0 aliphatic carbocycles. The van der Waals surface area contributed by atoms with Crippen LogP contribution >= 0.6 is 11.6 Å². The number of esters is 1. The van der Waals surface area contributed by atoms with E-state index in [9.17, 15) is 4.79 Å². The maximum absolute atomic E-state index is 11.5. The third kappa shape index (κ3) is 2.97. The van der Waals surface area contributed by atoms with Gasteiger partial charge >= 0.3 is 5.97 Å². The summed E-state index contributed by atoms with van der Waals surface area (Å²) in [6.07, 6.45) is 0. The largest absolute Gasteiger partial charge is 0.462 e. The van der Waals surface area contributed by atoms with Gasteiger partial charge in [0.2, 0.25) is 0 Å². The molecule has 0 aromatic heterocycles. The van der Waals surface area contributed by atoms with Crippen LogP contribution in [0.4, 0.5) is 0 Å². The smallest absolute Gasteiger partial charge is 0.338 e. The Morgan fingerprint density at radius 3 is 2.81 bits per heavy atom. The third-order valence-corrected chi connectivity index (χ3v) is 2.75. The Morgan fingerprint density at radius 1 is 1.56 bits per heavy atom. The van der Waals surface area contributed by atoms with Gasteiger partial charge in [0.1, 0.15) is 0 Å². The fourth-order valence-electron chi connectivity index (χ4n) is 1.37. The summed E-state index contributed by atoms with van der Waals surface area (Å²) in [5.74, 6) is -0.316. The highest BCUT2D eigenvalue weighted by Crippen LogP contribution is 2.24. The van der Waals surface area contributed by atoms with Crippen LogP contribution in [0.25, 0.3) is 0 Å². The second kappa shape index (κ2) is 5.87. The molecule has 1 N–H and O–H groups in total. The van der Waals surface area contributed by atoms with Crippen molar-refractivity contribution in [1.29, 1.82) is 0 Å². The minimum atomic E-state index is -0.316. The zero-order valence-electron chi connectivity index (χ0n) is 9.71. The maximum atomic E-state index is 11.5. The number of hydrogen-bond acceptors (Lipinski definition) is 3. The molecule has 0 aliphatic heterocycles. The summed E-state index contributed by atoms with van der Waals surface area (Å²) >= 11 is 6.06. The Kier molecular flexibility index (Phi) is 4.77. The van der Waals surface area contributed by atoms with Crippen molar-refractivity contribution in [3.8, 4) is 0 Å². The highest BCUT2D eigenvalue weighted by molar-refractivity contribution is 6.31. The molecule has 0 bridgehead atoms. The zero-order chi connectivity index (χ0) is 12.1. The minimum Gasteiger partial charge on any atom is -0.462 e. The summed E-state index contributed by atoms with van der Waals surface area (Å²) in [4.78, 5) is 11.5. The van der Waals surface area contributed by atoms with E-state index in [4.69, 9.17) is 16.3 Å². The predicted molar refractivity (Wildman–Crippen MR) is 64.9 cm³/mol. The first kappa shape index (κ1) is 13.0. The third-order valence-electron chi connectivity index (χ3n) is 2.41. The Hall–Kier alpha value is -1.06. The summed E-state index contributed by atoms with van der Waals surface area (Å²) in [5.41, 5.74) is 1.43. The van der Waals surface area contributed by atoms with Gasteiger partial charge in [-0.15, -0.1) is 0 Å². The van der Waals surface area contributed by atoms with Crippen molar-refractivity contribution < 1.29 is 9.53 Å². The number of carbonyl (C=O) groups excluding carboxylic acids is 1. The molecule has 0 aliphatic rings. The second-order valence-corrected chi connectivity index (χ2v) is 3.87. The number of halogens is 1. The van der Waals surface area contributed by atoms with Crippen LogP contribution in [0.5, 0.6) is 0 Å². The van der Waals surface area contributed by atoms with Gasteiger partial charge in [-0.25, -0.2) is 4.79 Å². The van der Waals surface area contributed by atoms with Crippen LogP contribution in [0.15, 0.2) is 18.2 Å². The zero-order valence-corrected chi connectivity index (χ0v) is 10.5. The van der Waals surface area contributed by atoms with Crippen LogP contribution < -0.4 is 5.32 Å². The molecule has 4 heteroatoms. The molecule has 0 spiro atoms. The van der Waals surface area contributed by atoms with E-state index in [1.54, 1.807) is 25.1 Å². The van der Waals surface area contributed by atoms with Gasteiger partial charge in [-0.1, -0.05) is 11.6 Å². The minimum absolute atomic E-state index is 0.0990. The number of benzene rings is 1. The summed E-state index contributed by atoms with van der Waals surface area (Å²) in [6, 6.07) is 5.26. The van der Waals surface area contributed by atoms with E-state index in [0.29, 0.717) is 17.2 Å². The summed E-state index contributed by atoms with van der Waals surface area (Å²) in [7, 11) is 1.85. The SMILES string of the molecule is CCOC(=O)c1ccc(Cl)c([C@@H](C)NC)c1. The van der Waals surface area contributed by atoms with E-state index in [2.05, 4.69) is 5.32 Å². The van der Waals surface area contributed by atoms with Gasteiger partial charge in [-0.05, 0) is 44.7 Å². The molecule has 1 atom stereocenters. The molecule has 0 fully saturated rings. The van der Waals surface area contributed by atoms with Gasteiger partial charge in [0, 0.05) is 11.1 Å². The van der Waals surface area contributed by atoms with Gasteiger partial charge in [0.15, 0.2) is 0 Å². The van der Waals surface area contributed by atoms with Crippen molar-refractivity contribution in [1.82, 2.24) is 5.32 Å². The van der Waals surface area contributed by atoms with Crippen molar-refractivity contribution in [3.05, 3.63) is 34.3 Å². The molecule has 0 saturated heterocycles. The fourth-order valence-corrected chi connectivity index (χ4v) is 1.65. The fraction of sp³-hybridized carbons (Fsp3) is 0.417. The maximum Gasteiger partial charge on any atom is 0.338 e. The Balaban J connectivity index is 3.02. The molecule has 3 nitrogen and oxygen atoms in total. The lowest BCUT2D eigenvalue weighted by Gasteiger charge is -2.13. The number of ether oxygens (including phenoxy) is 1. The molecular formula is C12H16ClNO2. The molecule has 1 aromatic carbocycles. The highest BCUT2D eigenvalue weighted by atomic mass is 35.5. The Bertz CT molecular complexity index is 379. The number of hydrogen-bond donors (Lipinski definition) is 1. The molecule has 88 valence electrons. The summed E-state index contributed by atoms with van der Waals surface area (Å²) < 4.78 is 4.93. The van der Waals surface area contributed by atoms with Crippen molar-refractivity contribution in [3.63, 3.8) is 0 Å². The Labute approximate surface area is 101 Å². The molecular weight excluding hydrogens is 226 g/mol. The van der Waals surface area contributed by atoms with Crippen LogP contribution in [0.1, 0.15) is 35.8 Å².